The van der Waals surface area contributed by atoms with E-state index in [1.54, 1.807) is 6.20 Å². The molecule has 1 aliphatic rings. The van der Waals surface area contributed by atoms with Crippen molar-refractivity contribution >= 4 is 11.6 Å². The van der Waals surface area contributed by atoms with Gasteiger partial charge in [0.05, 0.1) is 6.61 Å². The van der Waals surface area contributed by atoms with Crippen LogP contribution in [0.15, 0.2) is 12.3 Å². The molecule has 3 nitrogen and oxygen atoms in total. The first-order valence-corrected chi connectivity index (χ1v) is 5.59. The summed E-state index contributed by atoms with van der Waals surface area (Å²) in [5, 5.41) is 3.65. The van der Waals surface area contributed by atoms with E-state index >= 15 is 0 Å². The third kappa shape index (κ3) is 3.08. The fraction of sp³-hybridized carbons (Fsp3) is 0.545. The molecule has 0 atom stereocenters. The molecule has 0 aliphatic heterocycles. The van der Waals surface area contributed by atoms with Crippen molar-refractivity contribution in [3.05, 3.63) is 22.8 Å². The maximum absolute atomic E-state index is 6.05. The Morgan fingerprint density at radius 2 is 2.40 bits per heavy atom. The monoisotopic (exact) mass is 226 g/mol. The molecule has 2 rings (SSSR count). The fourth-order valence-corrected chi connectivity index (χ4v) is 1.60. The average Bonchev–Trinajstić information content (AvgIpc) is 3.01. The van der Waals surface area contributed by atoms with Gasteiger partial charge >= 0.3 is 0 Å². The van der Waals surface area contributed by atoms with Gasteiger partial charge in [0, 0.05) is 12.7 Å². The van der Waals surface area contributed by atoms with Crippen molar-refractivity contribution in [3.63, 3.8) is 0 Å². The first kappa shape index (κ1) is 10.7. The van der Waals surface area contributed by atoms with E-state index in [0.717, 1.165) is 24.6 Å². The molecule has 1 aliphatic carbocycles. The molecule has 1 fully saturated rings. The molecule has 4 heteroatoms. The van der Waals surface area contributed by atoms with Crippen molar-refractivity contribution < 1.29 is 4.74 Å². The number of pyridine rings is 1. The zero-order valence-corrected chi connectivity index (χ0v) is 9.55. The van der Waals surface area contributed by atoms with E-state index in [-0.39, 0.29) is 0 Å². The molecule has 1 N–H and O–H groups in total. The third-order valence-corrected chi connectivity index (χ3v) is 2.67. The van der Waals surface area contributed by atoms with Crippen molar-refractivity contribution in [1.82, 2.24) is 10.3 Å². The molecule has 0 saturated heterocycles. The average molecular weight is 227 g/mol. The highest BCUT2D eigenvalue weighted by Crippen LogP contribution is 2.30. The maximum Gasteiger partial charge on any atom is 0.232 e. The first-order chi connectivity index (χ1) is 7.29. The van der Waals surface area contributed by atoms with E-state index < -0.39 is 0 Å². The summed E-state index contributed by atoms with van der Waals surface area (Å²) < 4.78 is 5.53. The number of hydrogen-bond acceptors (Lipinski definition) is 3. The van der Waals surface area contributed by atoms with Crippen molar-refractivity contribution in [2.75, 3.05) is 13.7 Å². The van der Waals surface area contributed by atoms with Gasteiger partial charge in [-0.2, -0.15) is 0 Å². The van der Waals surface area contributed by atoms with Gasteiger partial charge < -0.3 is 10.1 Å². The second kappa shape index (κ2) is 4.81. The van der Waals surface area contributed by atoms with Crippen molar-refractivity contribution in [2.24, 2.45) is 5.92 Å². The normalized spacial score (nSPS) is 15.3. The molecule has 1 saturated carbocycles. The fourth-order valence-electron chi connectivity index (χ4n) is 1.35. The van der Waals surface area contributed by atoms with Crippen LogP contribution in [0.3, 0.4) is 0 Å². The summed E-state index contributed by atoms with van der Waals surface area (Å²) in [6.45, 7) is 1.52. The van der Waals surface area contributed by atoms with Crippen LogP contribution < -0.4 is 10.1 Å². The summed E-state index contributed by atoms with van der Waals surface area (Å²) in [5.74, 6) is 1.28. The van der Waals surface area contributed by atoms with Crippen LogP contribution >= 0.6 is 11.6 Å². The third-order valence-electron chi connectivity index (χ3n) is 2.40. The maximum atomic E-state index is 6.05. The van der Waals surface area contributed by atoms with Gasteiger partial charge in [0.25, 0.3) is 0 Å². The van der Waals surface area contributed by atoms with Crippen molar-refractivity contribution in [1.29, 1.82) is 0 Å². The van der Waals surface area contributed by atoms with E-state index in [1.165, 1.54) is 12.8 Å². The zero-order valence-electron chi connectivity index (χ0n) is 8.79. The Morgan fingerprint density at radius 1 is 1.60 bits per heavy atom. The summed E-state index contributed by atoms with van der Waals surface area (Å²) in [6.07, 6.45) is 4.34. The number of aromatic nitrogens is 1. The van der Waals surface area contributed by atoms with Crippen LogP contribution in [0.25, 0.3) is 0 Å². The van der Waals surface area contributed by atoms with Crippen LogP contribution in [0.2, 0.25) is 5.02 Å². The van der Waals surface area contributed by atoms with Crippen molar-refractivity contribution in [3.8, 4) is 5.88 Å². The highest BCUT2D eigenvalue weighted by Gasteiger charge is 2.22. The lowest BCUT2D eigenvalue weighted by molar-refractivity contribution is 0.288. The molecule has 0 spiro atoms. The molecular formula is C11H15ClN2O. The Labute approximate surface area is 94.8 Å². The van der Waals surface area contributed by atoms with Gasteiger partial charge in [0.2, 0.25) is 5.88 Å². The summed E-state index contributed by atoms with van der Waals surface area (Å²) in [6, 6.07) is 1.90. The second-order valence-electron chi connectivity index (χ2n) is 3.92. The van der Waals surface area contributed by atoms with Crippen LogP contribution in [0.5, 0.6) is 5.88 Å². The molecule has 0 amide bonds. The minimum Gasteiger partial charge on any atom is -0.476 e. The highest BCUT2D eigenvalue weighted by atomic mass is 35.5. The summed E-state index contributed by atoms with van der Waals surface area (Å²) in [7, 11) is 1.89. The minimum absolute atomic E-state index is 0.559. The van der Waals surface area contributed by atoms with E-state index in [1.807, 2.05) is 13.1 Å². The van der Waals surface area contributed by atoms with Crippen molar-refractivity contribution in [2.45, 2.75) is 19.4 Å². The van der Waals surface area contributed by atoms with Crippen LogP contribution in [-0.4, -0.2) is 18.6 Å². The van der Waals surface area contributed by atoms with E-state index in [2.05, 4.69) is 10.3 Å². The predicted molar refractivity (Wildman–Crippen MR) is 60.2 cm³/mol. The Balaban J connectivity index is 1.97. The molecule has 1 heterocycles. The molecule has 0 unspecified atom stereocenters. The predicted octanol–water partition coefficient (Wildman–Crippen LogP) is 2.24. The van der Waals surface area contributed by atoms with Gasteiger partial charge in [-0.3, -0.25) is 0 Å². The lowest BCUT2D eigenvalue weighted by Gasteiger charge is -2.07. The minimum atomic E-state index is 0.559. The van der Waals surface area contributed by atoms with Gasteiger partial charge in [-0.1, -0.05) is 11.6 Å². The smallest absolute Gasteiger partial charge is 0.232 e. The van der Waals surface area contributed by atoms with Crippen LogP contribution in [-0.2, 0) is 6.54 Å². The molecule has 1 aromatic heterocycles. The van der Waals surface area contributed by atoms with Gasteiger partial charge in [-0.05, 0) is 37.4 Å². The van der Waals surface area contributed by atoms with Gasteiger partial charge in [-0.15, -0.1) is 0 Å². The summed E-state index contributed by atoms with van der Waals surface area (Å²) >= 11 is 6.05. The number of nitrogens with one attached hydrogen (secondary N) is 1. The second-order valence-corrected chi connectivity index (χ2v) is 4.32. The van der Waals surface area contributed by atoms with Gasteiger partial charge in [0.1, 0.15) is 5.02 Å². The first-order valence-electron chi connectivity index (χ1n) is 5.21. The molecule has 82 valence electrons. The standard InChI is InChI=1S/C11H15ClN2O/c1-13-5-9-4-10(12)11(14-6-9)15-7-8-2-3-8/h4,6,8,13H,2-3,5,7H2,1H3. The Bertz CT molecular complexity index is 339. The SMILES string of the molecule is CNCc1cnc(OCC2CC2)c(Cl)c1. The number of hydrogen-bond donors (Lipinski definition) is 1. The lowest BCUT2D eigenvalue weighted by Crippen LogP contribution is -2.06. The van der Waals surface area contributed by atoms with E-state index in [0.29, 0.717) is 10.9 Å². The molecule has 0 bridgehead atoms. The Kier molecular flexibility index (Phi) is 3.44. The van der Waals surface area contributed by atoms with Crippen LogP contribution in [0, 0.1) is 5.92 Å². The largest absolute Gasteiger partial charge is 0.476 e. The van der Waals surface area contributed by atoms with Crippen LogP contribution in [0.4, 0.5) is 0 Å². The molecular weight excluding hydrogens is 212 g/mol. The van der Waals surface area contributed by atoms with Crippen LogP contribution in [0.1, 0.15) is 18.4 Å². The molecule has 15 heavy (non-hydrogen) atoms. The summed E-state index contributed by atoms with van der Waals surface area (Å²) in [4.78, 5) is 4.20. The van der Waals surface area contributed by atoms with Gasteiger partial charge in [-0.25, -0.2) is 4.98 Å². The van der Waals surface area contributed by atoms with E-state index in [9.17, 15) is 0 Å². The molecule has 0 radical (unpaired) electrons. The lowest BCUT2D eigenvalue weighted by atomic mass is 10.3. The topological polar surface area (TPSA) is 34.2 Å². The number of rotatable bonds is 5. The zero-order chi connectivity index (χ0) is 10.7. The Hall–Kier alpha value is -0.800. The number of nitrogens with zero attached hydrogens (tertiary/aromatic N) is 1. The molecule has 0 aromatic carbocycles. The van der Waals surface area contributed by atoms with E-state index in [4.69, 9.17) is 16.3 Å². The molecule has 1 aromatic rings. The van der Waals surface area contributed by atoms with Gasteiger partial charge in [0.15, 0.2) is 0 Å². The number of halogens is 1. The summed E-state index contributed by atoms with van der Waals surface area (Å²) in [5.41, 5.74) is 1.07. The number of ether oxygens (including phenoxy) is 1. The highest BCUT2D eigenvalue weighted by molar-refractivity contribution is 6.31. The quantitative estimate of drug-likeness (QED) is 0.836. The Morgan fingerprint density at radius 3 is 3.00 bits per heavy atom.